The highest BCUT2D eigenvalue weighted by atomic mass is 16.7. The number of benzene rings is 1. The van der Waals surface area contributed by atoms with Gasteiger partial charge in [0.1, 0.15) is 0 Å². The van der Waals surface area contributed by atoms with Crippen LogP contribution in [-0.4, -0.2) is 67.9 Å². The quantitative estimate of drug-likeness (QED) is 0.841. The number of amides is 1. The molecule has 1 aromatic rings. The molecule has 0 radical (unpaired) electrons. The molecule has 0 unspecified atom stereocenters. The molecule has 2 atom stereocenters. The first-order valence-electron chi connectivity index (χ1n) is 8.70. The van der Waals surface area contributed by atoms with E-state index in [1.54, 1.807) is 13.2 Å². The van der Waals surface area contributed by atoms with E-state index in [1.165, 1.54) is 12.8 Å². The van der Waals surface area contributed by atoms with Crippen molar-refractivity contribution < 1.29 is 19.0 Å². The van der Waals surface area contributed by atoms with Gasteiger partial charge in [-0.1, -0.05) is 0 Å². The zero-order valence-electron chi connectivity index (χ0n) is 14.1. The minimum atomic E-state index is 0.0528. The van der Waals surface area contributed by atoms with E-state index in [9.17, 15) is 4.79 Å². The van der Waals surface area contributed by atoms with E-state index >= 15 is 0 Å². The highest BCUT2D eigenvalue weighted by Gasteiger charge is 2.37. The van der Waals surface area contributed by atoms with Gasteiger partial charge in [0.2, 0.25) is 6.79 Å². The molecule has 3 heterocycles. The predicted octanol–water partition coefficient (Wildman–Crippen LogP) is 1.74. The number of carbonyl (C=O) groups is 1. The Morgan fingerprint density at radius 2 is 2.04 bits per heavy atom. The normalized spacial score (nSPS) is 26.3. The first kappa shape index (κ1) is 15.7. The molecule has 130 valence electrons. The summed E-state index contributed by atoms with van der Waals surface area (Å²) in [6.07, 6.45) is 3.55. The lowest BCUT2D eigenvalue weighted by molar-refractivity contribution is 0.0669. The van der Waals surface area contributed by atoms with Gasteiger partial charge in [-0.15, -0.1) is 0 Å². The lowest BCUT2D eigenvalue weighted by atomic mass is 10.1. The van der Waals surface area contributed by atoms with Gasteiger partial charge in [-0.25, -0.2) is 0 Å². The maximum atomic E-state index is 13.0. The van der Waals surface area contributed by atoms with Crippen molar-refractivity contribution >= 4 is 5.91 Å². The summed E-state index contributed by atoms with van der Waals surface area (Å²) in [6.45, 7) is 4.10. The third-order valence-corrected chi connectivity index (χ3v) is 5.26. The average molecular weight is 332 g/mol. The number of likely N-dealkylation sites (tertiary alicyclic amines) is 2. The summed E-state index contributed by atoms with van der Waals surface area (Å²) < 4.78 is 16.3. The zero-order chi connectivity index (χ0) is 16.5. The summed E-state index contributed by atoms with van der Waals surface area (Å²) in [5, 5.41) is 0. The Morgan fingerprint density at radius 1 is 1.25 bits per heavy atom. The second kappa shape index (κ2) is 6.61. The average Bonchev–Trinajstić information content (AvgIpc) is 3.34. The summed E-state index contributed by atoms with van der Waals surface area (Å²) in [5.41, 5.74) is 0.655. The fourth-order valence-electron chi connectivity index (χ4n) is 3.92. The van der Waals surface area contributed by atoms with Crippen molar-refractivity contribution in [2.75, 3.05) is 40.1 Å². The molecule has 0 bridgehead atoms. The number of ether oxygens (including phenoxy) is 3. The van der Waals surface area contributed by atoms with Crippen LogP contribution in [-0.2, 0) is 4.74 Å². The van der Waals surface area contributed by atoms with E-state index in [0.717, 1.165) is 26.1 Å². The Hall–Kier alpha value is -1.79. The Balaban J connectivity index is 1.51. The minimum absolute atomic E-state index is 0.0528. The highest BCUT2D eigenvalue weighted by Crippen LogP contribution is 2.33. The number of hydrogen-bond donors (Lipinski definition) is 0. The molecule has 0 aromatic heterocycles. The van der Waals surface area contributed by atoms with Crippen molar-refractivity contribution in [3.05, 3.63) is 23.8 Å². The van der Waals surface area contributed by atoms with Gasteiger partial charge in [0, 0.05) is 31.8 Å². The van der Waals surface area contributed by atoms with Crippen molar-refractivity contribution in [2.45, 2.75) is 31.4 Å². The standard InChI is InChI=1S/C18H24N2O4/c1-22-15-9-14(10-19-6-2-3-7-19)20(11-15)18(21)13-4-5-16-17(8-13)24-12-23-16/h4-5,8,14-15H,2-3,6-7,9-12H2,1H3/t14-,15-/m0/s1. The largest absolute Gasteiger partial charge is 0.454 e. The Kier molecular flexibility index (Phi) is 4.33. The van der Waals surface area contributed by atoms with Gasteiger partial charge in [-0.3, -0.25) is 4.79 Å². The van der Waals surface area contributed by atoms with E-state index in [2.05, 4.69) is 4.90 Å². The molecule has 0 N–H and O–H groups in total. The van der Waals surface area contributed by atoms with Gasteiger partial charge in [-0.2, -0.15) is 0 Å². The van der Waals surface area contributed by atoms with Crippen molar-refractivity contribution in [1.82, 2.24) is 9.80 Å². The van der Waals surface area contributed by atoms with Crippen LogP contribution in [0.15, 0.2) is 18.2 Å². The number of methoxy groups -OCH3 is 1. The summed E-state index contributed by atoms with van der Waals surface area (Å²) >= 11 is 0. The molecule has 3 aliphatic heterocycles. The van der Waals surface area contributed by atoms with Crippen LogP contribution in [0.4, 0.5) is 0 Å². The third-order valence-electron chi connectivity index (χ3n) is 5.26. The number of nitrogens with zero attached hydrogens (tertiary/aromatic N) is 2. The fourth-order valence-corrected chi connectivity index (χ4v) is 3.92. The lowest BCUT2D eigenvalue weighted by Crippen LogP contribution is -2.42. The van der Waals surface area contributed by atoms with Gasteiger partial charge >= 0.3 is 0 Å². The van der Waals surface area contributed by atoms with Crippen LogP contribution in [0.3, 0.4) is 0 Å². The topological polar surface area (TPSA) is 51.2 Å². The Morgan fingerprint density at radius 3 is 2.83 bits per heavy atom. The molecule has 2 saturated heterocycles. The fraction of sp³-hybridized carbons (Fsp3) is 0.611. The van der Waals surface area contributed by atoms with Crippen LogP contribution in [0.1, 0.15) is 29.6 Å². The van der Waals surface area contributed by atoms with Gasteiger partial charge in [-0.05, 0) is 50.6 Å². The zero-order valence-corrected chi connectivity index (χ0v) is 14.1. The summed E-state index contributed by atoms with van der Waals surface area (Å²) in [4.78, 5) is 17.5. The summed E-state index contributed by atoms with van der Waals surface area (Å²) in [6, 6.07) is 5.64. The van der Waals surface area contributed by atoms with E-state index < -0.39 is 0 Å². The second-order valence-electron chi connectivity index (χ2n) is 6.78. The molecule has 1 aromatic carbocycles. The summed E-state index contributed by atoms with van der Waals surface area (Å²) in [7, 11) is 1.73. The first-order chi connectivity index (χ1) is 11.7. The molecule has 2 fully saturated rings. The van der Waals surface area contributed by atoms with E-state index in [0.29, 0.717) is 23.6 Å². The van der Waals surface area contributed by atoms with Crippen LogP contribution in [0, 0.1) is 0 Å². The van der Waals surface area contributed by atoms with Crippen molar-refractivity contribution in [2.24, 2.45) is 0 Å². The van der Waals surface area contributed by atoms with E-state index in [1.807, 2.05) is 17.0 Å². The second-order valence-corrected chi connectivity index (χ2v) is 6.78. The van der Waals surface area contributed by atoms with Crippen molar-refractivity contribution in [3.8, 4) is 11.5 Å². The molecule has 24 heavy (non-hydrogen) atoms. The highest BCUT2D eigenvalue weighted by molar-refractivity contribution is 5.95. The van der Waals surface area contributed by atoms with Crippen molar-refractivity contribution in [3.63, 3.8) is 0 Å². The van der Waals surface area contributed by atoms with E-state index in [4.69, 9.17) is 14.2 Å². The predicted molar refractivity (Wildman–Crippen MR) is 88.5 cm³/mol. The van der Waals surface area contributed by atoms with Gasteiger partial charge < -0.3 is 24.0 Å². The third kappa shape index (κ3) is 2.96. The van der Waals surface area contributed by atoms with Gasteiger partial charge in [0.25, 0.3) is 5.91 Å². The van der Waals surface area contributed by atoms with Crippen LogP contribution < -0.4 is 9.47 Å². The number of fused-ring (bicyclic) bond motifs is 1. The maximum absolute atomic E-state index is 13.0. The molecule has 0 saturated carbocycles. The first-order valence-corrected chi connectivity index (χ1v) is 8.70. The minimum Gasteiger partial charge on any atom is -0.454 e. The SMILES string of the molecule is CO[C@H]1C[C@@H](CN2CCCC2)N(C(=O)c2ccc3c(c2)OCO3)C1. The van der Waals surface area contributed by atoms with E-state index in [-0.39, 0.29) is 24.8 Å². The lowest BCUT2D eigenvalue weighted by Gasteiger charge is -2.28. The van der Waals surface area contributed by atoms with Crippen LogP contribution in [0.2, 0.25) is 0 Å². The molecule has 6 heteroatoms. The van der Waals surface area contributed by atoms with Gasteiger partial charge in [0.15, 0.2) is 11.5 Å². The monoisotopic (exact) mass is 332 g/mol. The molecule has 0 spiro atoms. The maximum Gasteiger partial charge on any atom is 0.254 e. The number of hydrogen-bond acceptors (Lipinski definition) is 5. The number of rotatable bonds is 4. The molecule has 1 amide bonds. The molecule has 6 nitrogen and oxygen atoms in total. The Labute approximate surface area is 142 Å². The molecular formula is C18H24N2O4. The smallest absolute Gasteiger partial charge is 0.254 e. The molecular weight excluding hydrogens is 308 g/mol. The number of carbonyl (C=O) groups excluding carboxylic acids is 1. The van der Waals surface area contributed by atoms with Crippen molar-refractivity contribution in [1.29, 1.82) is 0 Å². The Bertz CT molecular complexity index is 615. The van der Waals surface area contributed by atoms with Crippen LogP contribution >= 0.6 is 0 Å². The van der Waals surface area contributed by atoms with Crippen LogP contribution in [0.25, 0.3) is 0 Å². The molecule has 0 aliphatic carbocycles. The van der Waals surface area contributed by atoms with Gasteiger partial charge in [0.05, 0.1) is 6.10 Å². The summed E-state index contributed by atoms with van der Waals surface area (Å²) in [5.74, 6) is 1.41. The molecule has 3 aliphatic rings. The van der Waals surface area contributed by atoms with Crippen LogP contribution in [0.5, 0.6) is 11.5 Å². The molecule has 4 rings (SSSR count).